The van der Waals surface area contributed by atoms with Crippen LogP contribution in [0.3, 0.4) is 0 Å². The molecule has 3 nitrogen and oxygen atoms in total. The van der Waals surface area contributed by atoms with Gasteiger partial charge in [0.25, 0.3) is 0 Å². The molecule has 0 atom stereocenters. The lowest BCUT2D eigenvalue weighted by Crippen LogP contribution is -2.03. The molecule has 1 aromatic heterocycles. The van der Waals surface area contributed by atoms with E-state index in [-0.39, 0.29) is 12.6 Å². The van der Waals surface area contributed by atoms with Crippen LogP contribution in [0.2, 0.25) is 0 Å². The van der Waals surface area contributed by atoms with Crippen molar-refractivity contribution in [2.75, 3.05) is 0 Å². The van der Waals surface area contributed by atoms with Gasteiger partial charge in [0.1, 0.15) is 11.5 Å². The number of carbonyl (C=O) groups is 1. The van der Waals surface area contributed by atoms with Crippen molar-refractivity contribution in [2.24, 2.45) is 0 Å². The van der Waals surface area contributed by atoms with Gasteiger partial charge in [0.15, 0.2) is 0 Å². The number of esters is 1. The van der Waals surface area contributed by atoms with Gasteiger partial charge in [0.2, 0.25) is 0 Å². The summed E-state index contributed by atoms with van der Waals surface area (Å²) in [6.45, 7) is 4.31. The highest BCUT2D eigenvalue weighted by atomic mass is 32.1. The minimum absolute atomic E-state index is 0.225. The molecule has 0 aliphatic carbocycles. The molecule has 2 rings (SSSR count). The number of nitriles is 1. The highest BCUT2D eigenvalue weighted by molar-refractivity contribution is 7.14. The Hall–Kier alpha value is -2.12. The summed E-state index contributed by atoms with van der Waals surface area (Å²) in [6, 6.07) is 11.0. The molecule has 0 bridgehead atoms. The van der Waals surface area contributed by atoms with Gasteiger partial charge < -0.3 is 4.74 Å². The molecular formula is C16H15NO2S. The number of carbonyl (C=O) groups excluding carboxylic acids is 1. The van der Waals surface area contributed by atoms with Crippen LogP contribution >= 0.6 is 11.3 Å². The van der Waals surface area contributed by atoms with Crippen LogP contribution in [0.15, 0.2) is 30.3 Å². The number of aryl methyl sites for hydroxylation is 2. The Morgan fingerprint density at radius 2 is 2.05 bits per heavy atom. The van der Waals surface area contributed by atoms with E-state index in [0.29, 0.717) is 10.4 Å². The van der Waals surface area contributed by atoms with Crippen molar-refractivity contribution >= 4 is 17.3 Å². The highest BCUT2D eigenvalue weighted by Gasteiger charge is 2.13. The third-order valence-corrected chi connectivity index (χ3v) is 4.36. The first kappa shape index (κ1) is 14.3. The lowest BCUT2D eigenvalue weighted by Gasteiger charge is -2.03. The Balaban J connectivity index is 1.99. The van der Waals surface area contributed by atoms with Crippen LogP contribution in [0.1, 0.15) is 38.2 Å². The smallest absolute Gasteiger partial charge is 0.348 e. The summed E-state index contributed by atoms with van der Waals surface area (Å²) >= 11 is 1.49. The molecule has 0 aliphatic heterocycles. The molecule has 0 unspecified atom stereocenters. The van der Waals surface area contributed by atoms with Crippen molar-refractivity contribution < 1.29 is 9.53 Å². The number of ether oxygens (including phenoxy) is 1. The van der Waals surface area contributed by atoms with Gasteiger partial charge in [-0.1, -0.05) is 19.1 Å². The number of nitrogens with zero attached hydrogens (tertiary/aromatic N) is 1. The molecule has 20 heavy (non-hydrogen) atoms. The first-order chi connectivity index (χ1) is 9.63. The predicted molar refractivity (Wildman–Crippen MR) is 78.7 cm³/mol. The Morgan fingerprint density at radius 3 is 2.60 bits per heavy atom. The fraction of sp³-hybridized carbons (Fsp3) is 0.250. The van der Waals surface area contributed by atoms with Crippen LogP contribution in [0, 0.1) is 18.3 Å². The van der Waals surface area contributed by atoms with E-state index in [4.69, 9.17) is 10.00 Å². The van der Waals surface area contributed by atoms with Crippen molar-refractivity contribution in [2.45, 2.75) is 26.9 Å². The van der Waals surface area contributed by atoms with E-state index >= 15 is 0 Å². The Morgan fingerprint density at radius 1 is 1.35 bits per heavy atom. The molecule has 1 heterocycles. The quantitative estimate of drug-likeness (QED) is 0.802. The van der Waals surface area contributed by atoms with E-state index in [1.807, 2.05) is 13.0 Å². The van der Waals surface area contributed by atoms with Gasteiger partial charge in [-0.3, -0.25) is 0 Å². The standard InChI is InChI=1S/C16H15NO2S/c1-3-14-11(2)8-15(20-14)16(18)19-10-13-6-4-12(9-17)5-7-13/h4-8H,3,10H2,1-2H3. The van der Waals surface area contributed by atoms with E-state index in [1.54, 1.807) is 24.3 Å². The number of rotatable bonds is 4. The van der Waals surface area contributed by atoms with Crippen LogP contribution in [0.4, 0.5) is 0 Å². The molecule has 0 aliphatic rings. The second-order valence-corrected chi connectivity index (χ2v) is 5.59. The van der Waals surface area contributed by atoms with E-state index in [9.17, 15) is 4.79 Å². The predicted octanol–water partition coefficient (Wildman–Crippen LogP) is 3.85. The molecule has 1 aromatic carbocycles. The lowest BCUT2D eigenvalue weighted by atomic mass is 10.2. The maximum atomic E-state index is 12.0. The second kappa shape index (κ2) is 6.36. The largest absolute Gasteiger partial charge is 0.457 e. The number of benzene rings is 1. The van der Waals surface area contributed by atoms with Crippen molar-refractivity contribution in [3.63, 3.8) is 0 Å². The van der Waals surface area contributed by atoms with Crippen LogP contribution in [0.25, 0.3) is 0 Å². The van der Waals surface area contributed by atoms with Gasteiger partial charge in [-0.2, -0.15) is 5.26 Å². The molecule has 102 valence electrons. The molecule has 0 saturated carbocycles. The average Bonchev–Trinajstić information content (AvgIpc) is 2.86. The summed E-state index contributed by atoms with van der Waals surface area (Å²) in [5.74, 6) is -0.290. The Bertz CT molecular complexity index is 650. The molecule has 0 amide bonds. The number of hydrogen-bond donors (Lipinski definition) is 0. The van der Waals surface area contributed by atoms with Gasteiger partial charge in [-0.05, 0) is 42.7 Å². The summed E-state index contributed by atoms with van der Waals surface area (Å²) in [7, 11) is 0. The van der Waals surface area contributed by atoms with Gasteiger partial charge in [0, 0.05) is 4.88 Å². The van der Waals surface area contributed by atoms with Crippen LogP contribution in [-0.2, 0) is 17.8 Å². The summed E-state index contributed by atoms with van der Waals surface area (Å²) in [5.41, 5.74) is 2.62. The minimum atomic E-state index is -0.290. The first-order valence-corrected chi connectivity index (χ1v) is 7.21. The highest BCUT2D eigenvalue weighted by Crippen LogP contribution is 2.23. The van der Waals surface area contributed by atoms with E-state index < -0.39 is 0 Å². The zero-order valence-electron chi connectivity index (χ0n) is 11.5. The molecule has 0 N–H and O–H groups in total. The van der Waals surface area contributed by atoms with Crippen molar-refractivity contribution in [1.82, 2.24) is 0 Å². The number of hydrogen-bond acceptors (Lipinski definition) is 4. The first-order valence-electron chi connectivity index (χ1n) is 6.39. The normalized spacial score (nSPS) is 10.1. The molecule has 2 aromatic rings. The zero-order chi connectivity index (χ0) is 14.5. The molecule has 0 spiro atoms. The van der Waals surface area contributed by atoms with Gasteiger partial charge in [0.05, 0.1) is 11.6 Å². The fourth-order valence-electron chi connectivity index (χ4n) is 1.87. The monoisotopic (exact) mass is 285 g/mol. The number of thiophene rings is 1. The molecular weight excluding hydrogens is 270 g/mol. The molecule has 4 heteroatoms. The second-order valence-electron chi connectivity index (χ2n) is 4.46. The Labute approximate surface area is 122 Å². The maximum absolute atomic E-state index is 12.0. The maximum Gasteiger partial charge on any atom is 0.348 e. The van der Waals surface area contributed by atoms with Gasteiger partial charge in [-0.15, -0.1) is 11.3 Å². The fourth-order valence-corrected chi connectivity index (χ4v) is 2.87. The lowest BCUT2D eigenvalue weighted by molar-refractivity contribution is 0.0478. The summed E-state index contributed by atoms with van der Waals surface area (Å²) in [6.07, 6.45) is 0.930. The molecule has 0 fully saturated rings. The van der Waals surface area contributed by atoms with E-state index in [1.165, 1.54) is 16.2 Å². The molecule has 0 radical (unpaired) electrons. The zero-order valence-corrected chi connectivity index (χ0v) is 12.3. The van der Waals surface area contributed by atoms with Crippen molar-refractivity contribution in [3.05, 3.63) is 56.8 Å². The molecule has 0 saturated heterocycles. The van der Waals surface area contributed by atoms with Crippen LogP contribution < -0.4 is 0 Å². The van der Waals surface area contributed by atoms with E-state index in [2.05, 4.69) is 13.0 Å². The topological polar surface area (TPSA) is 50.1 Å². The van der Waals surface area contributed by atoms with Crippen molar-refractivity contribution in [1.29, 1.82) is 5.26 Å². The third-order valence-electron chi connectivity index (χ3n) is 3.00. The summed E-state index contributed by atoms with van der Waals surface area (Å²) in [4.78, 5) is 13.8. The SMILES string of the molecule is CCc1sc(C(=O)OCc2ccc(C#N)cc2)cc1C. The van der Waals surface area contributed by atoms with Gasteiger partial charge in [-0.25, -0.2) is 4.79 Å². The average molecular weight is 285 g/mol. The van der Waals surface area contributed by atoms with Crippen LogP contribution in [-0.4, -0.2) is 5.97 Å². The third kappa shape index (κ3) is 3.25. The summed E-state index contributed by atoms with van der Waals surface area (Å²) < 4.78 is 5.29. The Kier molecular flexibility index (Phi) is 4.54. The van der Waals surface area contributed by atoms with Crippen molar-refractivity contribution in [3.8, 4) is 6.07 Å². The minimum Gasteiger partial charge on any atom is -0.457 e. The summed E-state index contributed by atoms with van der Waals surface area (Å²) in [5, 5.41) is 8.71. The van der Waals surface area contributed by atoms with Crippen LogP contribution in [0.5, 0.6) is 0 Å². The van der Waals surface area contributed by atoms with E-state index in [0.717, 1.165) is 17.5 Å². The van der Waals surface area contributed by atoms with Gasteiger partial charge >= 0.3 is 5.97 Å².